The van der Waals surface area contributed by atoms with Crippen LogP contribution in [0.15, 0.2) is 23.1 Å². The second-order valence-corrected chi connectivity index (χ2v) is 5.27. The molecular formula is C13H18N4O. The van der Waals surface area contributed by atoms with E-state index in [-0.39, 0.29) is 5.54 Å². The second kappa shape index (κ2) is 4.86. The first-order valence-electron chi connectivity index (χ1n) is 5.94. The lowest BCUT2D eigenvalue weighted by Gasteiger charge is -2.20. The van der Waals surface area contributed by atoms with E-state index in [1.807, 2.05) is 6.92 Å². The summed E-state index contributed by atoms with van der Waals surface area (Å²) >= 11 is 0. The van der Waals surface area contributed by atoms with Gasteiger partial charge in [-0.1, -0.05) is 5.16 Å². The quantitative estimate of drug-likeness (QED) is 0.900. The van der Waals surface area contributed by atoms with Crippen LogP contribution in [-0.4, -0.2) is 20.7 Å². The minimum absolute atomic E-state index is 0.0476. The summed E-state index contributed by atoms with van der Waals surface area (Å²) in [5.74, 6) is 0.692. The predicted molar refractivity (Wildman–Crippen MR) is 68.9 cm³/mol. The lowest BCUT2D eigenvalue weighted by Crippen LogP contribution is -2.35. The Labute approximate surface area is 107 Å². The van der Waals surface area contributed by atoms with Crippen LogP contribution in [-0.2, 0) is 6.54 Å². The smallest absolute Gasteiger partial charge is 0.191 e. The van der Waals surface area contributed by atoms with Crippen LogP contribution in [0.5, 0.6) is 0 Å². The summed E-state index contributed by atoms with van der Waals surface area (Å²) < 4.78 is 5.30. The van der Waals surface area contributed by atoms with Gasteiger partial charge >= 0.3 is 0 Å². The van der Waals surface area contributed by atoms with Crippen molar-refractivity contribution in [2.45, 2.75) is 39.8 Å². The fourth-order valence-corrected chi connectivity index (χ4v) is 1.57. The van der Waals surface area contributed by atoms with E-state index in [2.05, 4.69) is 41.2 Å². The summed E-state index contributed by atoms with van der Waals surface area (Å²) in [6.07, 6.45) is 5.05. The molecule has 0 bridgehead atoms. The van der Waals surface area contributed by atoms with Crippen LogP contribution in [0.4, 0.5) is 0 Å². The molecule has 2 rings (SSSR count). The Morgan fingerprint density at radius 1 is 1.22 bits per heavy atom. The molecule has 0 amide bonds. The van der Waals surface area contributed by atoms with E-state index in [0.717, 1.165) is 17.0 Å². The van der Waals surface area contributed by atoms with Crippen molar-refractivity contribution in [1.82, 2.24) is 20.4 Å². The largest absolute Gasteiger partial charge is 0.354 e. The van der Waals surface area contributed by atoms with Gasteiger partial charge in [0.25, 0.3) is 0 Å². The van der Waals surface area contributed by atoms with Crippen LogP contribution in [0.1, 0.15) is 32.0 Å². The fourth-order valence-electron chi connectivity index (χ4n) is 1.57. The average Bonchev–Trinajstić information content (AvgIpc) is 2.74. The van der Waals surface area contributed by atoms with Crippen LogP contribution in [0.25, 0.3) is 11.5 Å². The number of aryl methyl sites for hydroxylation is 1. The fraction of sp³-hybridized carbons (Fsp3) is 0.462. The maximum Gasteiger partial charge on any atom is 0.191 e. The molecule has 96 valence electrons. The number of nitrogens with one attached hydrogen (secondary N) is 1. The van der Waals surface area contributed by atoms with E-state index in [0.29, 0.717) is 12.3 Å². The third kappa shape index (κ3) is 2.92. The SMILES string of the molecule is Cc1nccnc1-c1oncc1CNC(C)(C)C. The van der Waals surface area contributed by atoms with Crippen molar-refractivity contribution in [2.75, 3.05) is 0 Å². The molecule has 0 spiro atoms. The number of hydrogen-bond donors (Lipinski definition) is 1. The Balaban J connectivity index is 2.26. The number of rotatable bonds is 3. The van der Waals surface area contributed by atoms with Crippen molar-refractivity contribution in [3.8, 4) is 11.5 Å². The molecule has 0 aliphatic rings. The Morgan fingerprint density at radius 2 is 1.94 bits per heavy atom. The van der Waals surface area contributed by atoms with Crippen LogP contribution < -0.4 is 5.32 Å². The van der Waals surface area contributed by atoms with Crippen LogP contribution in [0.2, 0.25) is 0 Å². The maximum absolute atomic E-state index is 5.30. The second-order valence-electron chi connectivity index (χ2n) is 5.27. The number of hydrogen-bond acceptors (Lipinski definition) is 5. The highest BCUT2D eigenvalue weighted by Gasteiger charge is 2.17. The van der Waals surface area contributed by atoms with Gasteiger partial charge < -0.3 is 9.84 Å². The Bertz CT molecular complexity index is 528. The molecule has 2 heterocycles. The molecule has 5 heteroatoms. The highest BCUT2D eigenvalue weighted by atomic mass is 16.5. The van der Waals surface area contributed by atoms with Gasteiger partial charge in [0.2, 0.25) is 0 Å². The number of nitrogens with zero attached hydrogens (tertiary/aromatic N) is 3. The van der Waals surface area contributed by atoms with Gasteiger partial charge in [0, 0.05) is 30.0 Å². The average molecular weight is 246 g/mol. The van der Waals surface area contributed by atoms with Crippen LogP contribution >= 0.6 is 0 Å². The molecule has 0 aliphatic carbocycles. The first-order valence-corrected chi connectivity index (χ1v) is 5.94. The standard InChI is InChI=1S/C13H18N4O/c1-9-11(15-6-5-14-9)12-10(8-17-18-12)7-16-13(2,3)4/h5-6,8,16H,7H2,1-4H3. The first-order chi connectivity index (χ1) is 8.47. The molecule has 1 N–H and O–H groups in total. The van der Waals surface area contributed by atoms with Gasteiger partial charge in [-0.2, -0.15) is 0 Å². The summed E-state index contributed by atoms with van der Waals surface area (Å²) in [4.78, 5) is 8.52. The minimum Gasteiger partial charge on any atom is -0.354 e. The third-order valence-electron chi connectivity index (χ3n) is 2.55. The Kier molecular flexibility index (Phi) is 3.43. The first kappa shape index (κ1) is 12.7. The highest BCUT2D eigenvalue weighted by Crippen LogP contribution is 2.23. The Hall–Kier alpha value is -1.75. The zero-order valence-electron chi connectivity index (χ0n) is 11.2. The van der Waals surface area contributed by atoms with E-state index >= 15 is 0 Å². The molecule has 2 aromatic rings. The molecule has 0 saturated carbocycles. The van der Waals surface area contributed by atoms with Gasteiger partial charge in [0.1, 0.15) is 5.69 Å². The molecule has 18 heavy (non-hydrogen) atoms. The van der Waals surface area contributed by atoms with Crippen LogP contribution in [0.3, 0.4) is 0 Å². The lowest BCUT2D eigenvalue weighted by atomic mass is 10.1. The number of aromatic nitrogens is 3. The summed E-state index contributed by atoms with van der Waals surface area (Å²) in [5, 5.41) is 7.26. The topological polar surface area (TPSA) is 63.8 Å². The third-order valence-corrected chi connectivity index (χ3v) is 2.55. The summed E-state index contributed by atoms with van der Waals surface area (Å²) in [6, 6.07) is 0. The van der Waals surface area contributed by atoms with E-state index in [9.17, 15) is 0 Å². The summed E-state index contributed by atoms with van der Waals surface area (Å²) in [6.45, 7) is 8.96. The van der Waals surface area contributed by atoms with Crippen LogP contribution in [0, 0.1) is 6.92 Å². The molecule has 0 unspecified atom stereocenters. The van der Waals surface area contributed by atoms with Gasteiger partial charge in [0.15, 0.2) is 5.76 Å². The zero-order valence-corrected chi connectivity index (χ0v) is 11.2. The van der Waals surface area contributed by atoms with Crippen molar-refractivity contribution in [3.05, 3.63) is 29.8 Å². The molecule has 5 nitrogen and oxygen atoms in total. The Morgan fingerprint density at radius 3 is 2.61 bits per heavy atom. The van der Waals surface area contributed by atoms with Gasteiger partial charge in [0.05, 0.1) is 11.9 Å². The van der Waals surface area contributed by atoms with Crippen molar-refractivity contribution in [3.63, 3.8) is 0 Å². The molecular weight excluding hydrogens is 228 g/mol. The van der Waals surface area contributed by atoms with E-state index in [1.54, 1.807) is 18.6 Å². The molecule has 0 aliphatic heterocycles. The monoisotopic (exact) mass is 246 g/mol. The van der Waals surface area contributed by atoms with Gasteiger partial charge in [-0.3, -0.25) is 4.98 Å². The summed E-state index contributed by atoms with van der Waals surface area (Å²) in [7, 11) is 0. The molecule has 0 aromatic carbocycles. The van der Waals surface area contributed by atoms with Crippen molar-refractivity contribution in [2.24, 2.45) is 0 Å². The molecule has 2 aromatic heterocycles. The minimum atomic E-state index is 0.0476. The molecule has 0 saturated heterocycles. The van der Waals surface area contributed by atoms with E-state index in [4.69, 9.17) is 4.52 Å². The van der Waals surface area contributed by atoms with Crippen molar-refractivity contribution >= 4 is 0 Å². The molecule has 0 radical (unpaired) electrons. The van der Waals surface area contributed by atoms with Crippen molar-refractivity contribution < 1.29 is 4.52 Å². The van der Waals surface area contributed by atoms with Gasteiger partial charge in [-0.05, 0) is 27.7 Å². The lowest BCUT2D eigenvalue weighted by molar-refractivity contribution is 0.418. The van der Waals surface area contributed by atoms with Gasteiger partial charge in [-0.25, -0.2) is 4.98 Å². The summed E-state index contributed by atoms with van der Waals surface area (Å²) in [5.41, 5.74) is 2.63. The maximum atomic E-state index is 5.30. The van der Waals surface area contributed by atoms with E-state index in [1.165, 1.54) is 0 Å². The normalized spacial score (nSPS) is 11.8. The highest BCUT2D eigenvalue weighted by molar-refractivity contribution is 5.58. The predicted octanol–water partition coefficient (Wildman–Crippen LogP) is 2.33. The van der Waals surface area contributed by atoms with Gasteiger partial charge in [-0.15, -0.1) is 0 Å². The molecule has 0 atom stereocenters. The van der Waals surface area contributed by atoms with E-state index < -0.39 is 0 Å². The van der Waals surface area contributed by atoms with Crippen molar-refractivity contribution in [1.29, 1.82) is 0 Å². The zero-order chi connectivity index (χ0) is 13.2. The molecule has 0 fully saturated rings.